The highest BCUT2D eigenvalue weighted by molar-refractivity contribution is 5.78. The second kappa shape index (κ2) is 8.32. The highest BCUT2D eigenvalue weighted by Gasteiger charge is 2.26. The molecule has 21 heavy (non-hydrogen) atoms. The number of hydrogen-bond acceptors (Lipinski definition) is 5. The van der Waals surface area contributed by atoms with Crippen molar-refractivity contribution in [3.8, 4) is 6.07 Å². The van der Waals surface area contributed by atoms with Crippen molar-refractivity contribution in [2.45, 2.75) is 33.3 Å². The van der Waals surface area contributed by atoms with Gasteiger partial charge in [0.1, 0.15) is 0 Å². The summed E-state index contributed by atoms with van der Waals surface area (Å²) in [6.07, 6.45) is 0.0165. The number of nitriles is 1. The summed E-state index contributed by atoms with van der Waals surface area (Å²) in [7, 11) is 0. The normalized spacial score (nSPS) is 19.0. The van der Waals surface area contributed by atoms with Crippen molar-refractivity contribution >= 4 is 5.91 Å². The van der Waals surface area contributed by atoms with Crippen LogP contribution in [0.15, 0.2) is 0 Å². The van der Waals surface area contributed by atoms with Gasteiger partial charge in [-0.15, -0.1) is 0 Å². The van der Waals surface area contributed by atoms with Gasteiger partial charge >= 0.3 is 0 Å². The molecule has 6 heteroatoms. The lowest BCUT2D eigenvalue weighted by molar-refractivity contribution is -0.122. The molecule has 0 aromatic rings. The molecular weight excluding hydrogens is 268 g/mol. The Morgan fingerprint density at radius 2 is 1.86 bits per heavy atom. The smallest absolute Gasteiger partial charge is 0.234 e. The van der Waals surface area contributed by atoms with E-state index in [4.69, 9.17) is 5.26 Å². The van der Waals surface area contributed by atoms with Gasteiger partial charge in [0, 0.05) is 39.3 Å². The molecule has 1 rings (SSSR count). The lowest BCUT2D eigenvalue weighted by Crippen LogP contribution is -2.52. The first-order chi connectivity index (χ1) is 9.82. The molecule has 0 bridgehead atoms. The van der Waals surface area contributed by atoms with Gasteiger partial charge in [0.25, 0.3) is 0 Å². The molecule has 1 aliphatic heterocycles. The number of rotatable bonds is 6. The van der Waals surface area contributed by atoms with E-state index in [-0.39, 0.29) is 17.4 Å². The molecule has 1 saturated heterocycles. The van der Waals surface area contributed by atoms with Crippen LogP contribution in [0.3, 0.4) is 0 Å². The topological polar surface area (TPSA) is 79.6 Å². The third-order valence-electron chi connectivity index (χ3n) is 3.82. The van der Waals surface area contributed by atoms with E-state index < -0.39 is 0 Å². The van der Waals surface area contributed by atoms with E-state index in [1.54, 1.807) is 0 Å². The first kappa shape index (κ1) is 17.9. The highest BCUT2D eigenvalue weighted by atomic mass is 16.3. The first-order valence-electron chi connectivity index (χ1n) is 7.59. The van der Waals surface area contributed by atoms with Gasteiger partial charge in [-0.25, -0.2) is 0 Å². The zero-order valence-corrected chi connectivity index (χ0v) is 13.4. The number of nitrogens with one attached hydrogen (secondary N) is 1. The van der Waals surface area contributed by atoms with Gasteiger partial charge in [-0.2, -0.15) is 5.26 Å². The molecule has 120 valence electrons. The van der Waals surface area contributed by atoms with Gasteiger partial charge < -0.3 is 10.4 Å². The predicted molar refractivity (Wildman–Crippen MR) is 81.6 cm³/mol. The van der Waals surface area contributed by atoms with Gasteiger partial charge in [-0.3, -0.25) is 14.6 Å². The summed E-state index contributed by atoms with van der Waals surface area (Å²) in [4.78, 5) is 16.0. The lowest BCUT2D eigenvalue weighted by Gasteiger charge is -2.37. The fourth-order valence-electron chi connectivity index (χ4n) is 2.17. The number of nitrogens with zero attached hydrogens (tertiary/aromatic N) is 3. The second-order valence-electron chi connectivity index (χ2n) is 6.72. The molecule has 0 saturated carbocycles. The Kier molecular flexibility index (Phi) is 7.09. The first-order valence-corrected chi connectivity index (χ1v) is 7.59. The molecule has 0 unspecified atom stereocenters. The van der Waals surface area contributed by atoms with Crippen LogP contribution in [0.4, 0.5) is 0 Å². The highest BCUT2D eigenvalue weighted by Crippen LogP contribution is 2.20. The summed E-state index contributed by atoms with van der Waals surface area (Å²) >= 11 is 0. The van der Waals surface area contributed by atoms with Crippen molar-refractivity contribution in [3.05, 3.63) is 0 Å². The summed E-state index contributed by atoms with van der Waals surface area (Å²) in [5.41, 5.74) is -0.0994. The molecule has 1 heterocycles. The van der Waals surface area contributed by atoms with E-state index in [1.165, 1.54) is 0 Å². The molecule has 1 amide bonds. The Morgan fingerprint density at radius 1 is 1.29 bits per heavy atom. The van der Waals surface area contributed by atoms with E-state index in [0.29, 0.717) is 26.1 Å². The summed E-state index contributed by atoms with van der Waals surface area (Å²) < 4.78 is 0. The minimum Gasteiger partial charge on any atom is -0.391 e. The van der Waals surface area contributed by atoms with Crippen molar-refractivity contribution < 1.29 is 9.90 Å². The maximum atomic E-state index is 11.7. The lowest BCUT2D eigenvalue weighted by atomic mass is 9.89. The zero-order valence-electron chi connectivity index (χ0n) is 13.4. The quantitative estimate of drug-likeness (QED) is 0.677. The van der Waals surface area contributed by atoms with E-state index >= 15 is 0 Å². The van der Waals surface area contributed by atoms with Gasteiger partial charge in [0.05, 0.1) is 25.1 Å². The predicted octanol–water partition coefficient (Wildman–Crippen LogP) is 0.0409. The van der Waals surface area contributed by atoms with Crippen LogP contribution in [0.1, 0.15) is 27.2 Å². The van der Waals surface area contributed by atoms with Gasteiger partial charge in [-0.05, 0) is 5.41 Å². The van der Waals surface area contributed by atoms with E-state index in [0.717, 1.165) is 26.2 Å². The summed E-state index contributed by atoms with van der Waals surface area (Å²) in [5.74, 6) is -0.0200. The molecule has 0 spiro atoms. The number of aliphatic hydroxyl groups excluding tert-OH is 1. The number of piperazine rings is 1. The molecule has 2 N–H and O–H groups in total. The SMILES string of the molecule is CC(C)(C)[C@@H](O)CN1CCN(CC(=O)NCCC#N)CC1. The Hall–Kier alpha value is -1.16. The summed E-state index contributed by atoms with van der Waals surface area (Å²) in [6.45, 7) is 11.0. The molecule has 1 atom stereocenters. The summed E-state index contributed by atoms with van der Waals surface area (Å²) in [6, 6.07) is 2.00. The Labute approximate surface area is 127 Å². The Balaban J connectivity index is 2.23. The van der Waals surface area contributed by atoms with Crippen molar-refractivity contribution in [1.82, 2.24) is 15.1 Å². The molecule has 6 nitrogen and oxygen atoms in total. The molecule has 1 aliphatic rings. The van der Waals surface area contributed by atoms with Crippen LogP contribution in [-0.4, -0.2) is 72.7 Å². The van der Waals surface area contributed by atoms with Crippen LogP contribution < -0.4 is 5.32 Å². The van der Waals surface area contributed by atoms with E-state index in [1.807, 2.05) is 26.8 Å². The standard InChI is InChI=1S/C15H28N4O2/c1-15(2,3)13(20)11-18-7-9-19(10-8-18)12-14(21)17-6-4-5-16/h13,20H,4,6-12H2,1-3H3,(H,17,21)/t13-/m0/s1. The van der Waals surface area contributed by atoms with Crippen LogP contribution in [0, 0.1) is 16.7 Å². The Bertz CT molecular complexity index is 365. The van der Waals surface area contributed by atoms with Crippen LogP contribution in [0.25, 0.3) is 0 Å². The van der Waals surface area contributed by atoms with Crippen LogP contribution in [0.5, 0.6) is 0 Å². The molecule has 1 fully saturated rings. The Morgan fingerprint density at radius 3 is 2.38 bits per heavy atom. The molecular formula is C15H28N4O2. The fourth-order valence-corrected chi connectivity index (χ4v) is 2.17. The van der Waals surface area contributed by atoms with Crippen LogP contribution >= 0.6 is 0 Å². The molecule has 0 aromatic heterocycles. The van der Waals surface area contributed by atoms with E-state index in [9.17, 15) is 9.90 Å². The minimum absolute atomic E-state index is 0.0200. The molecule has 0 aliphatic carbocycles. The zero-order chi connectivity index (χ0) is 15.9. The van der Waals surface area contributed by atoms with Gasteiger partial charge in [0.15, 0.2) is 0 Å². The maximum absolute atomic E-state index is 11.7. The van der Waals surface area contributed by atoms with Crippen molar-refractivity contribution in [3.63, 3.8) is 0 Å². The minimum atomic E-state index is -0.335. The van der Waals surface area contributed by atoms with Crippen molar-refractivity contribution in [1.29, 1.82) is 5.26 Å². The third kappa shape index (κ3) is 6.89. The number of β-amino-alcohol motifs (C(OH)–C–C–N with tert-alkyl or cyclic N) is 1. The maximum Gasteiger partial charge on any atom is 0.234 e. The van der Waals surface area contributed by atoms with Crippen molar-refractivity contribution in [2.75, 3.05) is 45.8 Å². The van der Waals surface area contributed by atoms with Gasteiger partial charge in [-0.1, -0.05) is 20.8 Å². The molecule has 0 radical (unpaired) electrons. The third-order valence-corrected chi connectivity index (χ3v) is 3.82. The number of hydrogen-bond donors (Lipinski definition) is 2. The number of carbonyl (C=O) groups is 1. The number of aliphatic hydroxyl groups is 1. The average molecular weight is 296 g/mol. The fraction of sp³-hybridized carbons (Fsp3) is 0.867. The van der Waals surface area contributed by atoms with Crippen molar-refractivity contribution in [2.24, 2.45) is 5.41 Å². The number of amides is 1. The monoisotopic (exact) mass is 296 g/mol. The average Bonchev–Trinajstić information content (AvgIpc) is 2.40. The van der Waals surface area contributed by atoms with E-state index in [2.05, 4.69) is 15.1 Å². The largest absolute Gasteiger partial charge is 0.391 e. The van der Waals surface area contributed by atoms with Crippen LogP contribution in [-0.2, 0) is 4.79 Å². The van der Waals surface area contributed by atoms with Gasteiger partial charge in [0.2, 0.25) is 5.91 Å². The second-order valence-corrected chi connectivity index (χ2v) is 6.72. The number of carbonyl (C=O) groups excluding carboxylic acids is 1. The van der Waals surface area contributed by atoms with Crippen LogP contribution in [0.2, 0.25) is 0 Å². The summed E-state index contributed by atoms with van der Waals surface area (Å²) in [5, 5.41) is 21.3. The molecule has 0 aromatic carbocycles.